The number of aromatic amines is 1. The van der Waals surface area contributed by atoms with Crippen LogP contribution in [0.2, 0.25) is 0 Å². The number of piperidine rings is 1. The summed E-state index contributed by atoms with van der Waals surface area (Å²) in [7, 11) is -2.14. The first kappa shape index (κ1) is 28.7. The van der Waals surface area contributed by atoms with Gasteiger partial charge in [0.05, 0.1) is 47.5 Å². The van der Waals surface area contributed by atoms with E-state index in [4.69, 9.17) is 14.5 Å². The summed E-state index contributed by atoms with van der Waals surface area (Å²) >= 11 is 0. The smallest absolute Gasteiger partial charge is 0.243 e. The van der Waals surface area contributed by atoms with E-state index in [2.05, 4.69) is 26.6 Å². The number of sulfonamides is 1. The van der Waals surface area contributed by atoms with E-state index < -0.39 is 10.0 Å². The molecule has 0 amide bonds. The molecular formula is C30H39N7O4S. The second-order valence-electron chi connectivity index (χ2n) is 11.3. The molecule has 11 nitrogen and oxygen atoms in total. The molecule has 3 fully saturated rings. The molecule has 2 saturated heterocycles. The second-order valence-corrected chi connectivity index (χ2v) is 13.3. The summed E-state index contributed by atoms with van der Waals surface area (Å²) in [4.78, 5) is 10.5. The van der Waals surface area contributed by atoms with Crippen LogP contribution >= 0.6 is 0 Å². The third kappa shape index (κ3) is 5.92. The van der Waals surface area contributed by atoms with Crippen LogP contribution in [0.25, 0.3) is 11.0 Å². The SMILES string of the molecule is COc1cc(S(=O)(=O)N2CCC(N3CCOCC3)CC2)ccc1Nc1cc(NC2CCCCC2)c2c(C#N)c[nH]c2n1. The van der Waals surface area contributed by atoms with Gasteiger partial charge in [-0.1, -0.05) is 19.3 Å². The standard InChI is InChI=1S/C30H39N7O4S/c1-40-27-17-24(42(38,39)37-11-9-23(10-12-37)36-13-15-41-16-14-36)7-8-25(27)34-28-18-26(33-22-5-3-2-4-6-22)29-21(19-31)20-32-30(29)35-28/h7-8,17-18,20,22-23H,2-6,9-16H2,1H3,(H3,32,33,34,35). The molecule has 1 saturated carbocycles. The number of fused-ring (bicyclic) bond motifs is 1. The predicted octanol–water partition coefficient (Wildman–Crippen LogP) is 4.42. The molecule has 4 heterocycles. The minimum Gasteiger partial charge on any atom is -0.495 e. The highest BCUT2D eigenvalue weighted by Crippen LogP contribution is 2.35. The number of nitrogens with one attached hydrogen (secondary N) is 3. The Balaban J connectivity index is 1.21. The number of benzene rings is 1. The lowest BCUT2D eigenvalue weighted by molar-refractivity contribution is 0.00610. The van der Waals surface area contributed by atoms with Gasteiger partial charge in [0.2, 0.25) is 10.0 Å². The Morgan fingerprint density at radius 2 is 1.81 bits per heavy atom. The van der Waals surface area contributed by atoms with Crippen molar-refractivity contribution < 1.29 is 17.9 Å². The Labute approximate surface area is 247 Å². The Kier molecular flexibility index (Phi) is 8.53. The zero-order valence-electron chi connectivity index (χ0n) is 24.1. The van der Waals surface area contributed by atoms with Crippen LogP contribution in [0.3, 0.4) is 0 Å². The molecule has 3 N–H and O–H groups in total. The topological polar surface area (TPSA) is 136 Å². The number of anilines is 3. The van der Waals surface area contributed by atoms with E-state index >= 15 is 0 Å². The predicted molar refractivity (Wildman–Crippen MR) is 162 cm³/mol. The molecule has 3 aliphatic rings. The highest BCUT2D eigenvalue weighted by Gasteiger charge is 2.32. The fourth-order valence-corrected chi connectivity index (χ4v) is 7.97. The van der Waals surface area contributed by atoms with Crippen molar-refractivity contribution in [2.75, 3.05) is 57.1 Å². The molecule has 3 aromatic rings. The number of pyridine rings is 1. The summed E-state index contributed by atoms with van der Waals surface area (Å²) in [5, 5.41) is 17.4. The van der Waals surface area contributed by atoms with Crippen molar-refractivity contribution in [1.29, 1.82) is 5.26 Å². The number of hydrogen-bond acceptors (Lipinski definition) is 9. The van der Waals surface area contributed by atoms with Crippen molar-refractivity contribution in [3.8, 4) is 11.8 Å². The minimum absolute atomic E-state index is 0.209. The van der Waals surface area contributed by atoms with Crippen LogP contribution in [0.1, 0.15) is 50.5 Å². The van der Waals surface area contributed by atoms with Gasteiger partial charge in [0, 0.05) is 56.6 Å². The van der Waals surface area contributed by atoms with Gasteiger partial charge in [-0.05, 0) is 37.8 Å². The fourth-order valence-electron chi connectivity index (χ4n) is 6.48. The highest BCUT2D eigenvalue weighted by molar-refractivity contribution is 7.89. The number of nitrogens with zero attached hydrogens (tertiary/aromatic N) is 4. The van der Waals surface area contributed by atoms with Crippen molar-refractivity contribution in [3.05, 3.63) is 36.0 Å². The summed E-state index contributed by atoms with van der Waals surface area (Å²) in [6, 6.07) is 9.84. The number of hydrogen-bond donors (Lipinski definition) is 3. The van der Waals surface area contributed by atoms with E-state index in [1.165, 1.54) is 26.4 Å². The van der Waals surface area contributed by atoms with E-state index in [1.54, 1.807) is 28.7 Å². The largest absolute Gasteiger partial charge is 0.495 e. The van der Waals surface area contributed by atoms with Gasteiger partial charge >= 0.3 is 0 Å². The monoisotopic (exact) mass is 593 g/mol. The van der Waals surface area contributed by atoms with E-state index in [9.17, 15) is 13.7 Å². The summed E-state index contributed by atoms with van der Waals surface area (Å²) in [6.07, 6.45) is 9.11. The van der Waals surface area contributed by atoms with Crippen LogP contribution in [0.15, 0.2) is 35.4 Å². The Morgan fingerprint density at radius 1 is 1.05 bits per heavy atom. The lowest BCUT2D eigenvalue weighted by Crippen LogP contribution is -2.50. The van der Waals surface area contributed by atoms with Crippen LogP contribution in [0.5, 0.6) is 5.75 Å². The summed E-state index contributed by atoms with van der Waals surface area (Å²) < 4.78 is 39.9. The molecule has 0 unspecified atom stereocenters. The Morgan fingerprint density at radius 3 is 2.52 bits per heavy atom. The number of aromatic nitrogens is 2. The molecule has 1 aromatic carbocycles. The number of rotatable bonds is 8. The van der Waals surface area contributed by atoms with Gasteiger partial charge in [-0.3, -0.25) is 4.90 Å². The Bertz CT molecular complexity index is 1550. The molecule has 42 heavy (non-hydrogen) atoms. The summed E-state index contributed by atoms with van der Waals surface area (Å²) in [5.41, 5.74) is 2.60. The quantitative estimate of drug-likeness (QED) is 0.347. The first-order valence-corrected chi connectivity index (χ1v) is 16.4. The summed E-state index contributed by atoms with van der Waals surface area (Å²) in [5.74, 6) is 0.971. The number of H-pyrrole nitrogens is 1. The van der Waals surface area contributed by atoms with Gasteiger partial charge in [-0.15, -0.1) is 0 Å². The van der Waals surface area contributed by atoms with Gasteiger partial charge in [0.25, 0.3) is 0 Å². The van der Waals surface area contributed by atoms with Crippen LogP contribution in [0.4, 0.5) is 17.2 Å². The molecule has 2 aromatic heterocycles. The average Bonchev–Trinajstić information content (AvgIpc) is 3.45. The van der Waals surface area contributed by atoms with Crippen LogP contribution in [0, 0.1) is 11.3 Å². The van der Waals surface area contributed by atoms with Crippen molar-refractivity contribution in [2.24, 2.45) is 0 Å². The molecule has 224 valence electrons. The molecule has 0 spiro atoms. The maximum Gasteiger partial charge on any atom is 0.243 e. The second kappa shape index (κ2) is 12.5. The summed E-state index contributed by atoms with van der Waals surface area (Å²) in [6.45, 7) is 4.29. The number of morpholine rings is 1. The Hall–Kier alpha value is -3.37. The van der Waals surface area contributed by atoms with Crippen molar-refractivity contribution >= 4 is 38.2 Å². The van der Waals surface area contributed by atoms with Crippen LogP contribution in [-0.2, 0) is 14.8 Å². The van der Waals surface area contributed by atoms with E-state index in [-0.39, 0.29) is 4.90 Å². The van der Waals surface area contributed by atoms with E-state index in [0.717, 1.165) is 63.1 Å². The molecular weight excluding hydrogens is 554 g/mol. The first-order valence-electron chi connectivity index (χ1n) is 14.9. The molecule has 2 aliphatic heterocycles. The van der Waals surface area contributed by atoms with Crippen molar-refractivity contribution in [2.45, 2.75) is 61.9 Å². The first-order chi connectivity index (χ1) is 20.5. The molecule has 6 rings (SSSR count). The maximum absolute atomic E-state index is 13.6. The van der Waals surface area contributed by atoms with Gasteiger partial charge in [-0.2, -0.15) is 9.57 Å². The van der Waals surface area contributed by atoms with Crippen LogP contribution < -0.4 is 15.4 Å². The lowest BCUT2D eigenvalue weighted by Gasteiger charge is -2.39. The normalized spacial score (nSPS) is 19.9. The zero-order chi connectivity index (χ0) is 29.1. The van der Waals surface area contributed by atoms with Crippen LogP contribution in [-0.4, -0.2) is 86.2 Å². The molecule has 0 radical (unpaired) electrons. The fraction of sp³-hybridized carbons (Fsp3) is 0.533. The van der Waals surface area contributed by atoms with Crippen molar-refractivity contribution in [1.82, 2.24) is 19.2 Å². The number of methoxy groups -OCH3 is 1. The van der Waals surface area contributed by atoms with E-state index in [1.807, 2.05) is 6.07 Å². The lowest BCUT2D eigenvalue weighted by atomic mass is 9.95. The van der Waals surface area contributed by atoms with Gasteiger partial charge in [-0.25, -0.2) is 13.4 Å². The van der Waals surface area contributed by atoms with E-state index in [0.29, 0.717) is 53.6 Å². The molecule has 12 heteroatoms. The molecule has 0 bridgehead atoms. The minimum atomic E-state index is -3.67. The highest BCUT2D eigenvalue weighted by atomic mass is 32.2. The third-order valence-corrected chi connectivity index (χ3v) is 10.7. The maximum atomic E-state index is 13.6. The van der Waals surface area contributed by atoms with Crippen molar-refractivity contribution in [3.63, 3.8) is 0 Å². The van der Waals surface area contributed by atoms with Gasteiger partial charge in [0.15, 0.2) is 0 Å². The van der Waals surface area contributed by atoms with Gasteiger partial charge in [0.1, 0.15) is 23.3 Å². The average molecular weight is 594 g/mol. The number of nitriles is 1. The number of ether oxygens (including phenoxy) is 2. The molecule has 1 aliphatic carbocycles. The molecule has 0 atom stereocenters. The third-order valence-electron chi connectivity index (χ3n) is 8.79. The zero-order valence-corrected chi connectivity index (χ0v) is 24.9. The van der Waals surface area contributed by atoms with Gasteiger partial charge < -0.3 is 25.1 Å².